The molecule has 0 amide bonds. The summed E-state index contributed by atoms with van der Waals surface area (Å²) in [5, 5.41) is 10.1. The molecule has 1 aromatic rings. The van der Waals surface area contributed by atoms with Gasteiger partial charge in [-0.25, -0.2) is 0 Å². The van der Waals surface area contributed by atoms with Crippen molar-refractivity contribution in [3.05, 3.63) is 29.8 Å². The van der Waals surface area contributed by atoms with Crippen molar-refractivity contribution < 1.29 is 19.5 Å². The lowest BCUT2D eigenvalue weighted by molar-refractivity contribution is -0.909. The third-order valence-electron chi connectivity index (χ3n) is 4.21. The van der Waals surface area contributed by atoms with Gasteiger partial charge in [0.25, 0.3) is 0 Å². The van der Waals surface area contributed by atoms with E-state index in [1.54, 1.807) is 31.2 Å². The largest absolute Gasteiger partial charge is 0.491 e. The van der Waals surface area contributed by atoms with Gasteiger partial charge in [0.15, 0.2) is 5.78 Å². The van der Waals surface area contributed by atoms with Crippen molar-refractivity contribution in [2.24, 2.45) is 5.92 Å². The van der Waals surface area contributed by atoms with Crippen LogP contribution in [-0.4, -0.2) is 43.2 Å². The van der Waals surface area contributed by atoms with Crippen LogP contribution in [0.2, 0.25) is 0 Å². The van der Waals surface area contributed by atoms with Gasteiger partial charge in [0.1, 0.15) is 25.0 Å². The minimum Gasteiger partial charge on any atom is -0.491 e. The first-order valence-corrected chi connectivity index (χ1v) is 7.80. The lowest BCUT2D eigenvalue weighted by Crippen LogP contribution is -3.14. The molecule has 4 nitrogen and oxygen atoms in total. The molecule has 0 bridgehead atoms. The van der Waals surface area contributed by atoms with Gasteiger partial charge < -0.3 is 14.7 Å². The van der Waals surface area contributed by atoms with E-state index < -0.39 is 6.10 Å². The third-order valence-corrected chi connectivity index (χ3v) is 4.21. The molecule has 0 unspecified atom stereocenters. The van der Waals surface area contributed by atoms with Crippen molar-refractivity contribution in [2.75, 3.05) is 26.2 Å². The Morgan fingerprint density at radius 2 is 1.95 bits per heavy atom. The predicted octanol–water partition coefficient (Wildman–Crippen LogP) is 0.944. The fourth-order valence-corrected chi connectivity index (χ4v) is 2.74. The SMILES string of the molecule is CC(=O)c1ccc(OC[C@H](O)C[NH+]2CCC(C)CC2)cc1. The number of ketones is 1. The van der Waals surface area contributed by atoms with Crippen LogP contribution in [0.3, 0.4) is 0 Å². The standard InChI is InChI=1S/C17H25NO3/c1-13-7-9-18(10-8-13)11-16(20)12-21-17-5-3-15(4-6-17)14(2)19/h3-6,13,16,20H,7-12H2,1-2H3/p+1/t16-/m1/s1. The second kappa shape index (κ2) is 7.57. The predicted molar refractivity (Wildman–Crippen MR) is 81.9 cm³/mol. The van der Waals surface area contributed by atoms with Crippen LogP contribution in [0.15, 0.2) is 24.3 Å². The van der Waals surface area contributed by atoms with Crippen LogP contribution in [0.4, 0.5) is 0 Å². The number of nitrogens with one attached hydrogen (secondary N) is 1. The number of piperidine rings is 1. The molecule has 2 N–H and O–H groups in total. The van der Waals surface area contributed by atoms with Gasteiger partial charge in [-0.05, 0) is 49.9 Å². The molecule has 1 heterocycles. The van der Waals surface area contributed by atoms with Crippen LogP contribution >= 0.6 is 0 Å². The molecule has 0 radical (unpaired) electrons. The molecule has 0 spiro atoms. The summed E-state index contributed by atoms with van der Waals surface area (Å²) >= 11 is 0. The number of benzene rings is 1. The van der Waals surface area contributed by atoms with Crippen LogP contribution in [0.1, 0.15) is 37.0 Å². The molecule has 4 heteroatoms. The Balaban J connectivity index is 1.73. The lowest BCUT2D eigenvalue weighted by atomic mass is 9.99. The summed E-state index contributed by atoms with van der Waals surface area (Å²) in [4.78, 5) is 12.7. The first kappa shape index (κ1) is 16.0. The molecule has 2 rings (SSSR count). The van der Waals surface area contributed by atoms with Crippen molar-refractivity contribution in [1.82, 2.24) is 0 Å². The van der Waals surface area contributed by atoms with E-state index in [1.165, 1.54) is 17.7 Å². The van der Waals surface area contributed by atoms with E-state index in [4.69, 9.17) is 4.74 Å². The summed E-state index contributed by atoms with van der Waals surface area (Å²) in [6, 6.07) is 7.06. The molecule has 1 aliphatic rings. The zero-order chi connectivity index (χ0) is 15.2. The van der Waals surface area contributed by atoms with E-state index in [1.807, 2.05) is 0 Å². The van der Waals surface area contributed by atoms with Crippen LogP contribution < -0.4 is 9.64 Å². The minimum atomic E-state index is -0.444. The number of likely N-dealkylation sites (tertiary alicyclic amines) is 1. The molecule has 0 aromatic heterocycles. The molecule has 1 aliphatic heterocycles. The summed E-state index contributed by atoms with van der Waals surface area (Å²) < 4.78 is 5.59. The molecule has 0 aliphatic carbocycles. The second-order valence-electron chi connectivity index (χ2n) is 6.18. The van der Waals surface area contributed by atoms with Gasteiger partial charge in [0.05, 0.1) is 13.1 Å². The number of hydrogen-bond donors (Lipinski definition) is 2. The highest BCUT2D eigenvalue weighted by atomic mass is 16.5. The Morgan fingerprint density at radius 3 is 2.52 bits per heavy atom. The lowest BCUT2D eigenvalue weighted by Gasteiger charge is -2.28. The Morgan fingerprint density at radius 1 is 1.33 bits per heavy atom. The van der Waals surface area contributed by atoms with Gasteiger partial charge in [-0.1, -0.05) is 6.92 Å². The highest BCUT2D eigenvalue weighted by molar-refractivity contribution is 5.94. The van der Waals surface area contributed by atoms with E-state index in [2.05, 4.69) is 6.92 Å². The molecule has 21 heavy (non-hydrogen) atoms. The highest BCUT2D eigenvalue weighted by Crippen LogP contribution is 2.12. The van der Waals surface area contributed by atoms with Gasteiger partial charge in [-0.15, -0.1) is 0 Å². The fraction of sp³-hybridized carbons (Fsp3) is 0.588. The average molecular weight is 292 g/mol. The number of carbonyl (C=O) groups excluding carboxylic acids is 1. The van der Waals surface area contributed by atoms with Crippen LogP contribution in [0, 0.1) is 5.92 Å². The van der Waals surface area contributed by atoms with Gasteiger partial charge in [0, 0.05) is 5.56 Å². The van der Waals surface area contributed by atoms with Crippen LogP contribution in [0.5, 0.6) is 5.75 Å². The summed E-state index contributed by atoms with van der Waals surface area (Å²) in [6.45, 7) is 7.18. The summed E-state index contributed by atoms with van der Waals surface area (Å²) in [6.07, 6.45) is 2.05. The van der Waals surface area contributed by atoms with Crippen molar-refractivity contribution >= 4 is 5.78 Å². The smallest absolute Gasteiger partial charge is 0.159 e. The maximum atomic E-state index is 11.2. The Kier molecular flexibility index (Phi) is 5.76. The Labute approximate surface area is 126 Å². The van der Waals surface area contributed by atoms with Crippen LogP contribution in [0.25, 0.3) is 0 Å². The number of ether oxygens (including phenoxy) is 1. The van der Waals surface area contributed by atoms with Crippen molar-refractivity contribution in [3.63, 3.8) is 0 Å². The summed E-state index contributed by atoms with van der Waals surface area (Å²) in [5.74, 6) is 1.56. The van der Waals surface area contributed by atoms with Crippen LogP contribution in [-0.2, 0) is 0 Å². The van der Waals surface area contributed by atoms with Gasteiger partial charge >= 0.3 is 0 Å². The molecule has 1 fully saturated rings. The van der Waals surface area contributed by atoms with E-state index in [0.29, 0.717) is 17.9 Å². The number of carbonyl (C=O) groups is 1. The summed E-state index contributed by atoms with van der Waals surface area (Å²) in [5.41, 5.74) is 0.676. The fourth-order valence-electron chi connectivity index (χ4n) is 2.74. The molecule has 1 saturated heterocycles. The molecule has 1 aromatic carbocycles. The Bertz CT molecular complexity index is 450. The van der Waals surface area contributed by atoms with Gasteiger partial charge in [-0.2, -0.15) is 0 Å². The quantitative estimate of drug-likeness (QED) is 0.767. The number of rotatable bonds is 6. The summed E-state index contributed by atoms with van der Waals surface area (Å²) in [7, 11) is 0. The van der Waals surface area contributed by atoms with E-state index in [-0.39, 0.29) is 5.78 Å². The van der Waals surface area contributed by atoms with E-state index in [0.717, 1.165) is 25.6 Å². The van der Waals surface area contributed by atoms with Crippen molar-refractivity contribution in [1.29, 1.82) is 0 Å². The highest BCUT2D eigenvalue weighted by Gasteiger charge is 2.21. The number of quaternary nitrogens is 1. The second-order valence-corrected chi connectivity index (χ2v) is 6.18. The van der Waals surface area contributed by atoms with E-state index >= 15 is 0 Å². The monoisotopic (exact) mass is 292 g/mol. The van der Waals surface area contributed by atoms with Crippen molar-refractivity contribution in [3.8, 4) is 5.75 Å². The minimum absolute atomic E-state index is 0.0458. The zero-order valence-corrected chi connectivity index (χ0v) is 13.0. The first-order chi connectivity index (χ1) is 10.0. The first-order valence-electron chi connectivity index (χ1n) is 7.80. The van der Waals surface area contributed by atoms with E-state index in [9.17, 15) is 9.90 Å². The number of aliphatic hydroxyl groups excluding tert-OH is 1. The third kappa shape index (κ3) is 5.14. The topological polar surface area (TPSA) is 51.0 Å². The zero-order valence-electron chi connectivity index (χ0n) is 13.0. The average Bonchev–Trinajstić information content (AvgIpc) is 2.48. The maximum absolute atomic E-state index is 11.2. The number of aliphatic hydroxyl groups is 1. The Hall–Kier alpha value is -1.39. The van der Waals surface area contributed by atoms with Crippen molar-refractivity contribution in [2.45, 2.75) is 32.8 Å². The maximum Gasteiger partial charge on any atom is 0.159 e. The van der Waals surface area contributed by atoms with Gasteiger partial charge in [-0.3, -0.25) is 4.79 Å². The molecular formula is C17H26NO3+. The number of Topliss-reactive ketones (excluding diaryl/α,β-unsaturated/α-hetero) is 1. The molecule has 1 atom stereocenters. The normalized spacial score (nSPS) is 23.6. The molecular weight excluding hydrogens is 266 g/mol. The number of hydrogen-bond acceptors (Lipinski definition) is 3. The van der Waals surface area contributed by atoms with Gasteiger partial charge in [0.2, 0.25) is 0 Å². The molecule has 116 valence electrons. The molecule has 0 saturated carbocycles.